The number of ether oxygens (including phenoxy) is 2. The van der Waals surface area contributed by atoms with E-state index in [2.05, 4.69) is 38.1 Å². The van der Waals surface area contributed by atoms with Gasteiger partial charge in [0.2, 0.25) is 0 Å². The number of aliphatic hydroxyl groups is 1. The van der Waals surface area contributed by atoms with E-state index in [4.69, 9.17) is 9.47 Å². The van der Waals surface area contributed by atoms with Crippen LogP contribution in [0.15, 0.2) is 24.3 Å². The van der Waals surface area contributed by atoms with Crippen LogP contribution < -0.4 is 0 Å². The summed E-state index contributed by atoms with van der Waals surface area (Å²) in [5.74, 6) is 0.496. The number of fused-ring (bicyclic) bond motifs is 2. The molecule has 1 amide bonds. The summed E-state index contributed by atoms with van der Waals surface area (Å²) in [5, 5.41) is 11.3. The van der Waals surface area contributed by atoms with Crippen molar-refractivity contribution in [1.82, 2.24) is 4.90 Å². The van der Waals surface area contributed by atoms with Crippen LogP contribution >= 0.6 is 0 Å². The molecule has 2 bridgehead atoms. The van der Waals surface area contributed by atoms with Gasteiger partial charge in [0.05, 0.1) is 30.9 Å². The van der Waals surface area contributed by atoms with E-state index in [0.29, 0.717) is 38.4 Å². The molecule has 5 heteroatoms. The molecule has 1 aromatic carbocycles. The largest absolute Gasteiger partial charge is 0.444 e. The molecule has 0 saturated carbocycles. The zero-order valence-electron chi connectivity index (χ0n) is 17.2. The first-order chi connectivity index (χ1) is 12.6. The minimum atomic E-state index is -0.822. The van der Waals surface area contributed by atoms with Gasteiger partial charge >= 0.3 is 6.09 Å². The summed E-state index contributed by atoms with van der Waals surface area (Å²) in [6, 6.07) is 8.21. The molecule has 0 aliphatic carbocycles. The summed E-state index contributed by atoms with van der Waals surface area (Å²) < 4.78 is 11.3. The second-order valence-corrected chi connectivity index (χ2v) is 9.44. The molecule has 3 rings (SSSR count). The molecule has 5 nitrogen and oxygen atoms in total. The molecule has 0 spiro atoms. The van der Waals surface area contributed by atoms with E-state index in [1.165, 1.54) is 5.56 Å². The lowest BCUT2D eigenvalue weighted by Gasteiger charge is -2.51. The van der Waals surface area contributed by atoms with E-state index < -0.39 is 11.2 Å². The second-order valence-electron chi connectivity index (χ2n) is 9.44. The van der Waals surface area contributed by atoms with Gasteiger partial charge in [-0.1, -0.05) is 38.1 Å². The van der Waals surface area contributed by atoms with Crippen molar-refractivity contribution >= 4 is 6.09 Å². The Morgan fingerprint density at radius 1 is 1.22 bits per heavy atom. The molecule has 2 aliphatic rings. The van der Waals surface area contributed by atoms with Gasteiger partial charge in [-0.3, -0.25) is 4.90 Å². The Labute approximate surface area is 162 Å². The monoisotopic (exact) mass is 375 g/mol. The van der Waals surface area contributed by atoms with Crippen LogP contribution in [0.4, 0.5) is 4.79 Å². The average molecular weight is 376 g/mol. The number of rotatable bonds is 3. The van der Waals surface area contributed by atoms with Crippen LogP contribution in [0, 0.1) is 0 Å². The van der Waals surface area contributed by atoms with E-state index in [9.17, 15) is 9.90 Å². The normalized spacial score (nSPS) is 28.3. The maximum absolute atomic E-state index is 12.7. The second kappa shape index (κ2) is 7.44. The van der Waals surface area contributed by atoms with E-state index >= 15 is 0 Å². The average Bonchev–Trinajstić information content (AvgIpc) is 2.52. The highest BCUT2D eigenvalue weighted by Crippen LogP contribution is 2.37. The van der Waals surface area contributed by atoms with Crippen LogP contribution in [0.5, 0.6) is 0 Å². The molecule has 2 aliphatic heterocycles. The Morgan fingerprint density at radius 3 is 2.26 bits per heavy atom. The highest BCUT2D eigenvalue weighted by atomic mass is 16.6. The fourth-order valence-corrected chi connectivity index (χ4v) is 4.23. The number of amides is 1. The van der Waals surface area contributed by atoms with Crippen molar-refractivity contribution in [2.24, 2.45) is 0 Å². The molecule has 2 fully saturated rings. The molecule has 0 aromatic heterocycles. The van der Waals surface area contributed by atoms with Crippen molar-refractivity contribution in [2.45, 2.75) is 83.1 Å². The number of piperidine rings is 1. The lowest BCUT2D eigenvalue weighted by molar-refractivity contribution is -0.137. The Balaban J connectivity index is 1.72. The smallest absolute Gasteiger partial charge is 0.410 e. The first-order valence-electron chi connectivity index (χ1n) is 9.97. The first-order valence-corrected chi connectivity index (χ1v) is 9.97. The number of morpholine rings is 1. The van der Waals surface area contributed by atoms with Gasteiger partial charge in [-0.2, -0.15) is 0 Å². The number of hydrogen-bond donors (Lipinski definition) is 1. The van der Waals surface area contributed by atoms with Gasteiger partial charge < -0.3 is 14.6 Å². The van der Waals surface area contributed by atoms with Gasteiger partial charge in [0.15, 0.2) is 0 Å². The third-order valence-electron chi connectivity index (χ3n) is 5.42. The number of carbonyl (C=O) groups excluding carboxylic acids is 1. The summed E-state index contributed by atoms with van der Waals surface area (Å²) in [6.07, 6.45) is 1.31. The zero-order chi connectivity index (χ0) is 19.8. The number of nitrogens with zero attached hydrogens (tertiary/aromatic N) is 1. The van der Waals surface area contributed by atoms with Crippen LogP contribution in [0.2, 0.25) is 0 Å². The first kappa shape index (κ1) is 20.2. The molecule has 1 aromatic rings. The minimum Gasteiger partial charge on any atom is -0.444 e. The predicted octanol–water partition coefficient (Wildman–Crippen LogP) is 3.88. The van der Waals surface area contributed by atoms with Crippen LogP contribution in [-0.2, 0) is 15.9 Å². The number of hydrogen-bond acceptors (Lipinski definition) is 4. The summed E-state index contributed by atoms with van der Waals surface area (Å²) in [4.78, 5) is 14.5. The molecule has 0 radical (unpaired) electrons. The predicted molar refractivity (Wildman–Crippen MR) is 105 cm³/mol. The van der Waals surface area contributed by atoms with Gasteiger partial charge in [0, 0.05) is 6.42 Å². The minimum absolute atomic E-state index is 0.146. The molecule has 2 saturated heterocycles. The van der Waals surface area contributed by atoms with Gasteiger partial charge in [0.1, 0.15) is 5.60 Å². The standard InChI is InChI=1S/C22H33NO4/c1-15(2)17-8-6-16(7-9-17)10-22(25)11-18-13-26-14-19(12-22)23(18)20(24)27-21(3,4)5/h6-9,15,18-19,25H,10-14H2,1-5H3. The molecule has 150 valence electrons. The van der Waals surface area contributed by atoms with E-state index in [1.807, 2.05) is 20.8 Å². The van der Waals surface area contributed by atoms with Gasteiger partial charge in [0.25, 0.3) is 0 Å². The Morgan fingerprint density at radius 2 is 1.78 bits per heavy atom. The number of benzene rings is 1. The molecule has 2 atom stereocenters. The maximum Gasteiger partial charge on any atom is 0.410 e. The highest BCUT2D eigenvalue weighted by Gasteiger charge is 2.49. The Bertz CT molecular complexity index is 648. The van der Waals surface area contributed by atoms with Gasteiger partial charge in [-0.25, -0.2) is 4.79 Å². The molecular formula is C22H33NO4. The van der Waals surface area contributed by atoms with E-state index in [1.54, 1.807) is 4.90 Å². The fourth-order valence-electron chi connectivity index (χ4n) is 4.23. The lowest BCUT2D eigenvalue weighted by atomic mass is 9.77. The van der Waals surface area contributed by atoms with Gasteiger partial charge in [-0.15, -0.1) is 0 Å². The summed E-state index contributed by atoms with van der Waals surface area (Å²) in [6.45, 7) is 10.9. The van der Waals surface area contributed by atoms with Crippen molar-refractivity contribution in [1.29, 1.82) is 0 Å². The molecule has 2 heterocycles. The lowest BCUT2D eigenvalue weighted by Crippen LogP contribution is -2.64. The van der Waals surface area contributed by atoms with Crippen molar-refractivity contribution < 1.29 is 19.4 Å². The topological polar surface area (TPSA) is 59.0 Å². The molecule has 1 N–H and O–H groups in total. The third kappa shape index (κ3) is 4.82. The highest BCUT2D eigenvalue weighted by molar-refractivity contribution is 5.69. The SMILES string of the molecule is CC(C)c1ccc(CC2(O)CC3COCC(C2)N3C(=O)OC(C)(C)C)cc1. The van der Waals surface area contributed by atoms with Crippen molar-refractivity contribution in [2.75, 3.05) is 13.2 Å². The zero-order valence-corrected chi connectivity index (χ0v) is 17.2. The molecule has 27 heavy (non-hydrogen) atoms. The summed E-state index contributed by atoms with van der Waals surface area (Å²) in [7, 11) is 0. The number of carbonyl (C=O) groups is 1. The van der Waals surface area contributed by atoms with Crippen LogP contribution in [0.1, 0.15) is 64.5 Å². The van der Waals surface area contributed by atoms with E-state index in [-0.39, 0.29) is 18.2 Å². The third-order valence-corrected chi connectivity index (χ3v) is 5.42. The van der Waals surface area contributed by atoms with Crippen LogP contribution in [0.25, 0.3) is 0 Å². The summed E-state index contributed by atoms with van der Waals surface area (Å²) in [5.41, 5.74) is 1.08. The van der Waals surface area contributed by atoms with Crippen LogP contribution in [-0.4, -0.2) is 52.6 Å². The maximum atomic E-state index is 12.7. The van der Waals surface area contributed by atoms with Crippen molar-refractivity contribution in [3.05, 3.63) is 35.4 Å². The fraction of sp³-hybridized carbons (Fsp3) is 0.682. The van der Waals surface area contributed by atoms with E-state index in [0.717, 1.165) is 5.56 Å². The summed E-state index contributed by atoms with van der Waals surface area (Å²) >= 11 is 0. The Kier molecular flexibility index (Phi) is 5.55. The molecular weight excluding hydrogens is 342 g/mol. The van der Waals surface area contributed by atoms with Crippen molar-refractivity contribution in [3.8, 4) is 0 Å². The van der Waals surface area contributed by atoms with Gasteiger partial charge in [-0.05, 0) is 50.7 Å². The molecule has 2 unspecified atom stereocenters. The van der Waals surface area contributed by atoms with Crippen LogP contribution in [0.3, 0.4) is 0 Å². The Hall–Kier alpha value is -1.59. The van der Waals surface area contributed by atoms with Crippen molar-refractivity contribution in [3.63, 3.8) is 0 Å². The quantitative estimate of drug-likeness (QED) is 0.871.